The summed E-state index contributed by atoms with van der Waals surface area (Å²) in [5.74, 6) is -5.40. The third-order valence-corrected chi connectivity index (χ3v) is 9.23. The Morgan fingerprint density at radius 1 is 1.05 bits per heavy atom. The standard InChI is InChI=1S/C31H26O11/c1-12-7-15-22(16(32)8-12)26(37)24-25(36)14-5-6-30(24,28(15)38)10-13-9-17(33)23-18(34)11-31(29(39)40-2,42-27(23)21(13)14)19-3-4-20(35)41-19/h5-9,14,19,28,32-33,37-38H,3-4,10-11H2,1-2H3. The molecular formula is C31H26O11. The summed E-state index contributed by atoms with van der Waals surface area (Å²) in [7, 11) is 1.11. The summed E-state index contributed by atoms with van der Waals surface area (Å²) < 4.78 is 16.7. The average molecular weight is 575 g/mol. The number of aryl methyl sites for hydroxylation is 1. The summed E-state index contributed by atoms with van der Waals surface area (Å²) in [4.78, 5) is 53.1. The molecule has 4 aliphatic carbocycles. The molecule has 1 spiro atoms. The summed E-state index contributed by atoms with van der Waals surface area (Å²) in [6.45, 7) is 1.72. The number of ketones is 2. The largest absolute Gasteiger partial charge is 0.507 e. The predicted octanol–water partition coefficient (Wildman–Crippen LogP) is 2.77. The van der Waals surface area contributed by atoms with E-state index in [2.05, 4.69) is 0 Å². The molecule has 0 amide bonds. The van der Waals surface area contributed by atoms with Crippen LogP contribution in [0.4, 0.5) is 0 Å². The number of hydrogen-bond acceptors (Lipinski definition) is 11. The molecule has 0 aromatic heterocycles. The van der Waals surface area contributed by atoms with E-state index in [9.17, 15) is 39.6 Å². The maximum absolute atomic E-state index is 14.2. The number of carbonyl (C=O) groups is 4. The summed E-state index contributed by atoms with van der Waals surface area (Å²) in [6.07, 6.45) is 0.0434. The van der Waals surface area contributed by atoms with Crippen molar-refractivity contribution in [1.29, 1.82) is 0 Å². The summed E-state index contributed by atoms with van der Waals surface area (Å²) in [5.41, 5.74) is -2.56. The smallest absolute Gasteiger partial charge is 0.354 e. The molecule has 42 heavy (non-hydrogen) atoms. The number of aliphatic hydroxyl groups is 2. The fraction of sp³-hybridized carbons (Fsp3) is 0.355. The zero-order valence-electron chi connectivity index (χ0n) is 22.6. The summed E-state index contributed by atoms with van der Waals surface area (Å²) in [6, 6.07) is 4.37. The highest BCUT2D eigenvalue weighted by Crippen LogP contribution is 2.61. The van der Waals surface area contributed by atoms with E-state index in [1.807, 2.05) is 0 Å². The first-order chi connectivity index (χ1) is 19.9. The highest BCUT2D eigenvalue weighted by Gasteiger charge is 2.61. The molecule has 5 atom stereocenters. The molecule has 1 fully saturated rings. The second-order valence-corrected chi connectivity index (χ2v) is 11.6. The number of rotatable bonds is 2. The van der Waals surface area contributed by atoms with E-state index in [4.69, 9.17) is 14.2 Å². The lowest BCUT2D eigenvalue weighted by atomic mass is 9.61. The Kier molecular flexibility index (Phi) is 5.28. The molecule has 216 valence electrons. The molecule has 2 aromatic carbocycles. The molecule has 0 saturated carbocycles. The molecule has 5 unspecified atom stereocenters. The normalized spacial score (nSPS) is 30.5. The third kappa shape index (κ3) is 3.14. The van der Waals surface area contributed by atoms with Crippen molar-refractivity contribution >= 4 is 29.3 Å². The molecule has 0 radical (unpaired) electrons. The number of allylic oxidation sites excluding steroid dienone is 1. The van der Waals surface area contributed by atoms with Crippen LogP contribution in [0.5, 0.6) is 17.2 Å². The van der Waals surface area contributed by atoms with E-state index in [0.29, 0.717) is 11.1 Å². The van der Waals surface area contributed by atoms with Crippen molar-refractivity contribution in [3.8, 4) is 17.2 Å². The number of aliphatic hydroxyl groups excluding tert-OH is 2. The number of phenols is 2. The van der Waals surface area contributed by atoms with Gasteiger partial charge in [0, 0.05) is 12.0 Å². The number of benzene rings is 2. The second-order valence-electron chi connectivity index (χ2n) is 11.6. The lowest BCUT2D eigenvalue weighted by Crippen LogP contribution is -2.58. The number of carbonyl (C=O) groups excluding carboxylic acids is 4. The lowest BCUT2D eigenvalue weighted by Gasteiger charge is -2.43. The Hall–Kier alpha value is -4.64. The van der Waals surface area contributed by atoms with Gasteiger partial charge >= 0.3 is 11.9 Å². The van der Waals surface area contributed by atoms with Gasteiger partial charge < -0.3 is 34.6 Å². The number of phenolic OH excluding ortho intramolecular Hbond substituents is 2. The third-order valence-electron chi connectivity index (χ3n) is 9.23. The van der Waals surface area contributed by atoms with Gasteiger partial charge in [-0.15, -0.1) is 0 Å². The SMILES string of the molecule is COC(=O)C1(C2CCC(=O)O2)CC(=O)c2c(O)cc3c(c2O1)C1C=CC2(C3)C(=C(O)c3c(O)cc(C)cc3C2O)C1=O. The molecular weight excluding hydrogens is 548 g/mol. The van der Waals surface area contributed by atoms with Gasteiger partial charge in [-0.1, -0.05) is 18.2 Å². The minimum Gasteiger partial charge on any atom is -0.507 e. The minimum absolute atomic E-state index is 0.00344. The van der Waals surface area contributed by atoms with Gasteiger partial charge in [0.15, 0.2) is 17.7 Å². The van der Waals surface area contributed by atoms with Crippen LogP contribution in [0, 0.1) is 12.3 Å². The second kappa shape index (κ2) is 8.45. The van der Waals surface area contributed by atoms with E-state index in [-0.39, 0.29) is 58.6 Å². The highest BCUT2D eigenvalue weighted by atomic mass is 16.6. The molecule has 1 saturated heterocycles. The molecule has 2 bridgehead atoms. The molecule has 2 aliphatic heterocycles. The van der Waals surface area contributed by atoms with Crippen LogP contribution in [0.1, 0.15) is 69.5 Å². The first-order valence-electron chi connectivity index (χ1n) is 13.5. The van der Waals surface area contributed by atoms with Gasteiger partial charge in [0.05, 0.1) is 42.1 Å². The van der Waals surface area contributed by atoms with Crippen LogP contribution in [0.15, 0.2) is 35.9 Å². The van der Waals surface area contributed by atoms with E-state index in [1.54, 1.807) is 25.1 Å². The molecule has 2 aromatic rings. The van der Waals surface area contributed by atoms with Crippen molar-refractivity contribution in [2.24, 2.45) is 5.41 Å². The molecule has 6 aliphatic rings. The summed E-state index contributed by atoms with van der Waals surface area (Å²) in [5, 5.41) is 45.0. The van der Waals surface area contributed by atoms with Gasteiger partial charge in [-0.05, 0) is 48.6 Å². The van der Waals surface area contributed by atoms with Crippen LogP contribution in [-0.4, -0.2) is 62.7 Å². The van der Waals surface area contributed by atoms with Crippen LogP contribution in [-0.2, 0) is 30.3 Å². The first kappa shape index (κ1) is 26.3. The number of Topliss-reactive ketones (excluding diaryl/α,β-unsaturated/α-hetero) is 2. The monoisotopic (exact) mass is 574 g/mol. The Labute approximate surface area is 238 Å². The Balaban J connectivity index is 1.47. The maximum Gasteiger partial charge on any atom is 0.354 e. The average Bonchev–Trinajstić information content (AvgIpc) is 3.26. The Bertz CT molecular complexity index is 1730. The maximum atomic E-state index is 14.2. The Morgan fingerprint density at radius 2 is 1.79 bits per heavy atom. The van der Waals surface area contributed by atoms with E-state index < -0.39 is 70.6 Å². The van der Waals surface area contributed by atoms with E-state index >= 15 is 0 Å². The lowest BCUT2D eigenvalue weighted by molar-refractivity contribution is -0.175. The van der Waals surface area contributed by atoms with Crippen molar-refractivity contribution in [2.45, 2.75) is 56.3 Å². The van der Waals surface area contributed by atoms with Crippen LogP contribution < -0.4 is 4.74 Å². The van der Waals surface area contributed by atoms with Crippen molar-refractivity contribution in [2.75, 3.05) is 7.11 Å². The first-order valence-corrected chi connectivity index (χ1v) is 13.5. The number of cyclic esters (lactones) is 1. The van der Waals surface area contributed by atoms with Crippen molar-refractivity contribution in [3.63, 3.8) is 0 Å². The van der Waals surface area contributed by atoms with Crippen LogP contribution >= 0.6 is 0 Å². The topological polar surface area (TPSA) is 177 Å². The number of methoxy groups -OCH3 is 1. The number of ether oxygens (including phenoxy) is 3. The van der Waals surface area contributed by atoms with Gasteiger partial charge in [-0.25, -0.2) is 4.79 Å². The van der Waals surface area contributed by atoms with Crippen molar-refractivity contribution < 1.29 is 53.8 Å². The van der Waals surface area contributed by atoms with E-state index in [0.717, 1.165) is 7.11 Å². The van der Waals surface area contributed by atoms with Crippen molar-refractivity contribution in [1.82, 2.24) is 0 Å². The highest BCUT2D eigenvalue weighted by molar-refractivity contribution is 6.13. The molecule has 11 nitrogen and oxygen atoms in total. The quantitative estimate of drug-likeness (QED) is 0.306. The van der Waals surface area contributed by atoms with Crippen LogP contribution in [0.3, 0.4) is 0 Å². The van der Waals surface area contributed by atoms with Gasteiger partial charge in [-0.2, -0.15) is 0 Å². The molecule has 11 heteroatoms. The van der Waals surface area contributed by atoms with Gasteiger partial charge in [0.25, 0.3) is 0 Å². The van der Waals surface area contributed by atoms with Crippen molar-refractivity contribution in [3.05, 3.63) is 69.3 Å². The molecule has 8 rings (SSSR count). The number of fused-ring (bicyclic) bond motifs is 2. The van der Waals surface area contributed by atoms with Gasteiger partial charge in [0.2, 0.25) is 5.60 Å². The summed E-state index contributed by atoms with van der Waals surface area (Å²) >= 11 is 0. The Morgan fingerprint density at radius 3 is 2.48 bits per heavy atom. The van der Waals surface area contributed by atoms with Crippen LogP contribution in [0.2, 0.25) is 0 Å². The van der Waals surface area contributed by atoms with Gasteiger partial charge in [0.1, 0.15) is 28.6 Å². The zero-order valence-corrected chi connectivity index (χ0v) is 22.6. The van der Waals surface area contributed by atoms with Gasteiger partial charge in [-0.3, -0.25) is 14.4 Å². The number of aromatic hydroxyl groups is 2. The zero-order chi connectivity index (χ0) is 29.9. The number of hydrogen-bond donors (Lipinski definition) is 4. The molecule has 2 heterocycles. The van der Waals surface area contributed by atoms with Crippen LogP contribution in [0.25, 0.3) is 5.76 Å². The fourth-order valence-electron chi connectivity index (χ4n) is 7.42. The number of esters is 2. The predicted molar refractivity (Wildman–Crippen MR) is 142 cm³/mol. The van der Waals surface area contributed by atoms with E-state index in [1.165, 1.54) is 12.1 Å². The minimum atomic E-state index is -2.06. The fourth-order valence-corrected chi connectivity index (χ4v) is 7.42. The molecule has 4 N–H and O–H groups in total.